The fourth-order valence-corrected chi connectivity index (χ4v) is 5.30. The van der Waals surface area contributed by atoms with Crippen LogP contribution in [0.15, 0.2) is 21.8 Å². The zero-order valence-corrected chi connectivity index (χ0v) is 22.8. The van der Waals surface area contributed by atoms with Crippen LogP contribution in [0.5, 0.6) is 0 Å². The predicted octanol–water partition coefficient (Wildman–Crippen LogP) is 0.276. The molecule has 0 spiro atoms. The molecule has 0 aliphatic carbocycles. The third-order valence-electron chi connectivity index (χ3n) is 4.95. The maximum atomic E-state index is 13.1. The molecule has 18 heteroatoms. The number of ether oxygens (including phenoxy) is 4. The third-order valence-corrected chi connectivity index (χ3v) is 6.96. The van der Waals surface area contributed by atoms with E-state index in [2.05, 4.69) is 15.5 Å². The number of thiazole rings is 1. The normalized spacial score (nSPS) is 19.5. The number of nitrogen functional groups attached to an aromatic ring is 1. The number of nitrogens with zero attached hydrogens (tertiary/aromatic N) is 3. The van der Waals surface area contributed by atoms with E-state index in [1.165, 1.54) is 31.2 Å². The number of rotatable bonds is 10. The van der Waals surface area contributed by atoms with Crippen molar-refractivity contribution < 1.29 is 47.8 Å². The summed E-state index contributed by atoms with van der Waals surface area (Å²) in [6.07, 6.45) is -4.01. The molecule has 0 radical (unpaired) electrons. The van der Waals surface area contributed by atoms with Gasteiger partial charge in [-0.15, -0.1) is 23.1 Å². The number of primary amides is 1. The molecule has 1 aromatic rings. The van der Waals surface area contributed by atoms with Gasteiger partial charge in [0.1, 0.15) is 36.5 Å². The first-order valence-corrected chi connectivity index (χ1v) is 13.2. The van der Waals surface area contributed by atoms with E-state index in [9.17, 15) is 24.0 Å². The lowest BCUT2D eigenvalue weighted by Crippen LogP contribution is -2.71. The molecule has 1 saturated heterocycles. The summed E-state index contributed by atoms with van der Waals surface area (Å²) >= 11 is 2.28. The molecule has 39 heavy (non-hydrogen) atoms. The summed E-state index contributed by atoms with van der Waals surface area (Å²) in [6, 6.07) is -1.06. The molecule has 0 bridgehead atoms. The van der Waals surface area contributed by atoms with Crippen molar-refractivity contribution in [2.45, 2.75) is 44.6 Å². The minimum Gasteiger partial charge on any atom is -0.445 e. The Balaban J connectivity index is 1.78. The molecule has 0 aromatic carbocycles. The highest BCUT2D eigenvalue weighted by Crippen LogP contribution is 2.41. The number of anilines is 1. The molecular weight excluding hydrogens is 560 g/mol. The molecule has 3 atom stereocenters. The number of esters is 1. The summed E-state index contributed by atoms with van der Waals surface area (Å²) in [4.78, 5) is 71.9. The minimum absolute atomic E-state index is 0.116. The zero-order valence-electron chi connectivity index (χ0n) is 21.2. The Hall–Kier alpha value is -4.06. The number of amides is 3. The summed E-state index contributed by atoms with van der Waals surface area (Å²) in [5.74, 6) is -2.34. The number of hydrogen-bond acceptors (Lipinski definition) is 15. The average Bonchev–Trinajstić information content (AvgIpc) is 3.28. The zero-order chi connectivity index (χ0) is 28.9. The molecule has 2 aliphatic heterocycles. The van der Waals surface area contributed by atoms with Gasteiger partial charge in [-0.3, -0.25) is 14.5 Å². The van der Waals surface area contributed by atoms with Crippen molar-refractivity contribution in [3.8, 4) is 0 Å². The van der Waals surface area contributed by atoms with Crippen molar-refractivity contribution >= 4 is 64.0 Å². The lowest BCUT2D eigenvalue weighted by Gasteiger charge is -2.49. The van der Waals surface area contributed by atoms with Crippen LogP contribution in [-0.2, 0) is 38.2 Å². The standard InChI is InChI=1S/C21H26N6O10S2/c1-8(2)35-21(32)37-9(3)36-18(30)14-10(5-34-20(23)31)6-38-17-13(16(29)27(14)17)25-15(28)12(26-33-4)11-7-39-19(22)24-11/h7-9,13,17H,5-6H2,1-4H3,(H2,22,24)(H2,23,31)(H,25,28)/b26-12-/t9?,13-,17-/m1/s1. The average molecular weight is 587 g/mol. The van der Waals surface area contributed by atoms with E-state index in [-0.39, 0.29) is 33.6 Å². The molecule has 3 amide bonds. The van der Waals surface area contributed by atoms with Crippen LogP contribution in [0.25, 0.3) is 0 Å². The SMILES string of the molecule is CO/N=C(\C(=O)N[C@@H]1C(=O)N2C(C(=O)OC(C)OC(=O)OC(C)C)=C(COC(N)=O)CS[C@H]12)c1csc(N)n1. The Morgan fingerprint density at radius 1 is 1.23 bits per heavy atom. The maximum absolute atomic E-state index is 13.1. The quantitative estimate of drug-likeness (QED) is 0.0837. The maximum Gasteiger partial charge on any atom is 0.511 e. The van der Waals surface area contributed by atoms with Crippen molar-refractivity contribution in [3.05, 3.63) is 22.3 Å². The number of nitrogens with one attached hydrogen (secondary N) is 1. The highest BCUT2D eigenvalue weighted by molar-refractivity contribution is 8.00. The van der Waals surface area contributed by atoms with E-state index < -0.39 is 60.4 Å². The fraction of sp³-hybridized carbons (Fsp3) is 0.476. The summed E-state index contributed by atoms with van der Waals surface area (Å²) in [5.41, 5.74) is 10.6. The van der Waals surface area contributed by atoms with Gasteiger partial charge in [0.2, 0.25) is 6.29 Å². The summed E-state index contributed by atoms with van der Waals surface area (Å²) in [7, 11) is 1.24. The van der Waals surface area contributed by atoms with Crippen molar-refractivity contribution in [1.82, 2.24) is 15.2 Å². The van der Waals surface area contributed by atoms with Crippen LogP contribution < -0.4 is 16.8 Å². The van der Waals surface area contributed by atoms with Crippen molar-refractivity contribution in [2.75, 3.05) is 25.2 Å². The first-order chi connectivity index (χ1) is 18.4. The molecule has 1 unspecified atom stereocenters. The number of β-lactam (4-membered cyclic amide) rings is 1. The molecule has 16 nitrogen and oxygen atoms in total. The number of hydrogen-bond donors (Lipinski definition) is 3. The van der Waals surface area contributed by atoms with Crippen molar-refractivity contribution in [3.63, 3.8) is 0 Å². The monoisotopic (exact) mass is 586 g/mol. The van der Waals surface area contributed by atoms with Gasteiger partial charge in [0.25, 0.3) is 11.8 Å². The molecule has 212 valence electrons. The van der Waals surface area contributed by atoms with Gasteiger partial charge >= 0.3 is 18.2 Å². The van der Waals surface area contributed by atoms with Crippen LogP contribution in [0.2, 0.25) is 0 Å². The van der Waals surface area contributed by atoms with Crippen LogP contribution in [0.1, 0.15) is 26.5 Å². The van der Waals surface area contributed by atoms with Gasteiger partial charge in [-0.05, 0) is 13.8 Å². The van der Waals surface area contributed by atoms with E-state index in [0.717, 1.165) is 16.2 Å². The molecule has 1 fully saturated rings. The second-order valence-electron chi connectivity index (χ2n) is 8.12. The number of carbonyl (C=O) groups is 5. The van der Waals surface area contributed by atoms with Gasteiger partial charge in [-0.2, -0.15) is 0 Å². The molecule has 1 aromatic heterocycles. The van der Waals surface area contributed by atoms with E-state index >= 15 is 0 Å². The number of carbonyl (C=O) groups excluding carboxylic acids is 5. The number of fused-ring (bicyclic) bond motifs is 1. The number of thioether (sulfide) groups is 1. The Bertz CT molecular complexity index is 1220. The Labute approximate surface area is 229 Å². The van der Waals surface area contributed by atoms with Crippen LogP contribution >= 0.6 is 23.1 Å². The lowest BCUT2D eigenvalue weighted by molar-refractivity contribution is -0.169. The van der Waals surface area contributed by atoms with Gasteiger partial charge in [0.15, 0.2) is 10.8 Å². The molecule has 0 saturated carbocycles. The van der Waals surface area contributed by atoms with Gasteiger partial charge in [-0.1, -0.05) is 5.16 Å². The van der Waals surface area contributed by atoms with E-state index in [0.29, 0.717) is 0 Å². The highest BCUT2D eigenvalue weighted by Gasteiger charge is 2.55. The molecule has 5 N–H and O–H groups in total. The fourth-order valence-electron chi connectivity index (χ4n) is 3.43. The van der Waals surface area contributed by atoms with Crippen LogP contribution in [0, 0.1) is 0 Å². The molecular formula is C21H26N6O10S2. The van der Waals surface area contributed by atoms with Gasteiger partial charge in [-0.25, -0.2) is 19.4 Å². The van der Waals surface area contributed by atoms with E-state index in [1.54, 1.807) is 13.8 Å². The second kappa shape index (κ2) is 12.7. The first-order valence-electron chi connectivity index (χ1n) is 11.2. The number of aromatic nitrogens is 1. The Morgan fingerprint density at radius 3 is 2.54 bits per heavy atom. The van der Waals surface area contributed by atoms with Crippen LogP contribution in [0.4, 0.5) is 14.7 Å². The first kappa shape index (κ1) is 29.5. The van der Waals surface area contributed by atoms with Crippen molar-refractivity contribution in [1.29, 1.82) is 0 Å². The summed E-state index contributed by atoms with van der Waals surface area (Å²) < 4.78 is 19.8. The van der Waals surface area contributed by atoms with Crippen LogP contribution in [-0.4, -0.2) is 88.9 Å². The largest absolute Gasteiger partial charge is 0.511 e. The Kier molecular flexibility index (Phi) is 9.57. The van der Waals surface area contributed by atoms with Gasteiger partial charge in [0, 0.05) is 23.6 Å². The predicted molar refractivity (Wildman–Crippen MR) is 136 cm³/mol. The van der Waals surface area contributed by atoms with Gasteiger partial charge in [0.05, 0.1) is 6.10 Å². The van der Waals surface area contributed by atoms with Gasteiger partial charge < -0.3 is 40.6 Å². The number of oxime groups is 1. The Morgan fingerprint density at radius 2 is 1.95 bits per heavy atom. The second-order valence-corrected chi connectivity index (χ2v) is 10.1. The summed E-state index contributed by atoms with van der Waals surface area (Å²) in [5, 5.41) is 7.22. The minimum atomic E-state index is -1.38. The third kappa shape index (κ3) is 7.08. The molecule has 3 rings (SSSR count). The summed E-state index contributed by atoms with van der Waals surface area (Å²) in [6.45, 7) is 4.09. The van der Waals surface area contributed by atoms with Crippen LogP contribution in [0.3, 0.4) is 0 Å². The molecule has 2 aliphatic rings. The molecule has 3 heterocycles. The van der Waals surface area contributed by atoms with Crippen molar-refractivity contribution in [2.24, 2.45) is 10.9 Å². The smallest absolute Gasteiger partial charge is 0.445 e. The lowest BCUT2D eigenvalue weighted by atomic mass is 10.0. The van der Waals surface area contributed by atoms with E-state index in [4.69, 9.17) is 35.3 Å². The highest BCUT2D eigenvalue weighted by atomic mass is 32.2. The topological polar surface area (TPSA) is 224 Å². The van der Waals surface area contributed by atoms with E-state index in [1.807, 2.05) is 0 Å². The number of nitrogens with two attached hydrogens (primary N) is 2.